The van der Waals surface area contributed by atoms with Gasteiger partial charge in [-0.15, -0.1) is 6.58 Å². The minimum Gasteiger partial charge on any atom is -0.380 e. The van der Waals surface area contributed by atoms with Crippen molar-refractivity contribution in [3.05, 3.63) is 83.7 Å². The third-order valence-electron chi connectivity index (χ3n) is 5.88. The summed E-state index contributed by atoms with van der Waals surface area (Å²) in [6.07, 6.45) is 20.3. The third-order valence-corrected chi connectivity index (χ3v) is 5.88. The molecular formula is C30H48N2. The van der Waals surface area contributed by atoms with Gasteiger partial charge in [0.1, 0.15) is 0 Å². The summed E-state index contributed by atoms with van der Waals surface area (Å²) in [7, 11) is 1.82. The van der Waals surface area contributed by atoms with Crippen molar-refractivity contribution in [2.45, 2.75) is 92.0 Å². The highest BCUT2D eigenvalue weighted by Crippen LogP contribution is 2.33. The topological polar surface area (TPSA) is 24.4 Å². The van der Waals surface area contributed by atoms with Crippen LogP contribution in [-0.2, 0) is 0 Å². The highest BCUT2D eigenvalue weighted by atomic mass is 15.0. The minimum absolute atomic E-state index is 0.0830. The maximum atomic E-state index is 4.39. The number of aliphatic imine (C=N–C) groups is 1. The molecule has 1 aliphatic rings. The van der Waals surface area contributed by atoms with E-state index in [4.69, 9.17) is 0 Å². The van der Waals surface area contributed by atoms with Gasteiger partial charge in [0.2, 0.25) is 0 Å². The maximum absolute atomic E-state index is 4.39. The smallest absolute Gasteiger partial charge is 0.0407 e. The first-order valence-corrected chi connectivity index (χ1v) is 12.2. The molecular weight excluding hydrogens is 388 g/mol. The van der Waals surface area contributed by atoms with Crippen LogP contribution in [0.4, 0.5) is 0 Å². The molecule has 32 heavy (non-hydrogen) atoms. The minimum atomic E-state index is 0.0830. The molecule has 2 nitrogen and oxygen atoms in total. The van der Waals surface area contributed by atoms with E-state index in [9.17, 15) is 0 Å². The molecule has 0 amide bonds. The second-order valence-electron chi connectivity index (χ2n) is 8.55. The van der Waals surface area contributed by atoms with Crippen molar-refractivity contribution in [1.82, 2.24) is 5.32 Å². The molecule has 0 bridgehead atoms. The van der Waals surface area contributed by atoms with Crippen LogP contribution in [0, 0.1) is 0 Å². The normalized spacial score (nSPS) is 16.3. The third kappa shape index (κ3) is 9.85. The van der Waals surface area contributed by atoms with Crippen LogP contribution in [0.2, 0.25) is 0 Å². The lowest BCUT2D eigenvalue weighted by molar-refractivity contribution is 0.253. The quantitative estimate of drug-likeness (QED) is 0.195. The van der Waals surface area contributed by atoms with Gasteiger partial charge < -0.3 is 5.32 Å². The van der Waals surface area contributed by atoms with Crippen molar-refractivity contribution in [3.63, 3.8) is 0 Å². The Labute approximate surface area is 199 Å². The summed E-state index contributed by atoms with van der Waals surface area (Å²) in [4.78, 5) is 4.26. The molecule has 1 rings (SSSR count). The Morgan fingerprint density at radius 3 is 2.16 bits per heavy atom. The SMILES string of the molecule is C=CCC1(NC(=C)C(=C)CC(/C=C\C=C/C)=C(\C)C(C=NC)=C(C)C)CCCCC1.CC. The van der Waals surface area contributed by atoms with Crippen LogP contribution in [0.3, 0.4) is 0 Å². The van der Waals surface area contributed by atoms with Crippen molar-refractivity contribution in [2.24, 2.45) is 4.99 Å². The van der Waals surface area contributed by atoms with Crippen LogP contribution < -0.4 is 5.32 Å². The van der Waals surface area contributed by atoms with E-state index in [0.717, 1.165) is 24.1 Å². The summed E-state index contributed by atoms with van der Waals surface area (Å²) >= 11 is 0. The highest BCUT2D eigenvalue weighted by molar-refractivity contribution is 5.86. The average Bonchev–Trinajstić information content (AvgIpc) is 2.78. The molecule has 0 radical (unpaired) electrons. The molecule has 178 valence electrons. The molecule has 1 fully saturated rings. The van der Waals surface area contributed by atoms with Gasteiger partial charge in [0.25, 0.3) is 0 Å². The number of allylic oxidation sites excluding steroid dienone is 9. The zero-order valence-electron chi connectivity index (χ0n) is 22.0. The van der Waals surface area contributed by atoms with Crippen molar-refractivity contribution in [2.75, 3.05) is 7.05 Å². The van der Waals surface area contributed by atoms with Crippen LogP contribution in [0.15, 0.2) is 88.7 Å². The van der Waals surface area contributed by atoms with Gasteiger partial charge >= 0.3 is 0 Å². The van der Waals surface area contributed by atoms with E-state index in [0.29, 0.717) is 0 Å². The fourth-order valence-electron chi connectivity index (χ4n) is 4.13. The first-order chi connectivity index (χ1) is 15.3. The fourth-order valence-corrected chi connectivity index (χ4v) is 4.13. The lowest BCUT2D eigenvalue weighted by Gasteiger charge is -2.39. The van der Waals surface area contributed by atoms with Crippen molar-refractivity contribution in [3.8, 4) is 0 Å². The van der Waals surface area contributed by atoms with Crippen molar-refractivity contribution in [1.29, 1.82) is 0 Å². The number of nitrogens with one attached hydrogen (secondary N) is 1. The van der Waals surface area contributed by atoms with Gasteiger partial charge in [-0.1, -0.05) is 82.2 Å². The number of rotatable bonds is 11. The highest BCUT2D eigenvalue weighted by Gasteiger charge is 2.31. The van der Waals surface area contributed by atoms with E-state index in [-0.39, 0.29) is 5.54 Å². The molecule has 0 spiro atoms. The molecule has 1 N–H and O–H groups in total. The molecule has 0 aromatic heterocycles. The summed E-state index contributed by atoms with van der Waals surface area (Å²) in [6.45, 7) is 25.2. The largest absolute Gasteiger partial charge is 0.380 e. The van der Waals surface area contributed by atoms with Gasteiger partial charge in [-0.3, -0.25) is 4.99 Å². The summed E-state index contributed by atoms with van der Waals surface area (Å²) in [6, 6.07) is 0. The van der Waals surface area contributed by atoms with Crippen molar-refractivity contribution < 1.29 is 0 Å². The number of hydrogen-bond donors (Lipinski definition) is 1. The lowest BCUT2D eigenvalue weighted by Crippen LogP contribution is -2.45. The molecule has 1 aliphatic carbocycles. The molecule has 1 saturated carbocycles. The Morgan fingerprint density at radius 2 is 1.66 bits per heavy atom. The van der Waals surface area contributed by atoms with Crippen LogP contribution in [-0.4, -0.2) is 18.8 Å². The summed E-state index contributed by atoms with van der Waals surface area (Å²) in [5, 5.41) is 3.76. The fraction of sp³-hybridized carbons (Fsp3) is 0.500. The van der Waals surface area contributed by atoms with Gasteiger partial charge in [-0.25, -0.2) is 0 Å². The standard InChI is InChI=1S/C28H42N2.C2H6/c1-9-11-13-16-26(24(6)27(21-29-8)22(3)4)20-23(5)25(7)30-28(17-10-2)18-14-12-15-19-28;1-2/h9-11,13,16,21,30H,2,5,7,12,14-15,17-20H2,1,3-4,6,8H3;1-2H3/b11-9-,16-13-,26-24+,29-21?;. The second-order valence-corrected chi connectivity index (χ2v) is 8.55. The first kappa shape index (κ1) is 29.7. The van der Waals surface area contributed by atoms with Crippen LogP contribution >= 0.6 is 0 Å². The molecule has 2 heteroatoms. The summed E-state index contributed by atoms with van der Waals surface area (Å²) in [5.41, 5.74) is 6.97. The molecule has 0 unspecified atom stereocenters. The Bertz CT molecular complexity index is 759. The zero-order chi connectivity index (χ0) is 24.6. The first-order valence-electron chi connectivity index (χ1n) is 12.2. The number of hydrogen-bond acceptors (Lipinski definition) is 2. The molecule has 0 aromatic rings. The van der Waals surface area contributed by atoms with Gasteiger partial charge in [-0.05, 0) is 75.7 Å². The van der Waals surface area contributed by atoms with Gasteiger partial charge in [0.05, 0.1) is 0 Å². The van der Waals surface area contributed by atoms with E-state index >= 15 is 0 Å². The van der Waals surface area contributed by atoms with Gasteiger partial charge in [0.15, 0.2) is 0 Å². The summed E-state index contributed by atoms with van der Waals surface area (Å²) < 4.78 is 0. The van der Waals surface area contributed by atoms with E-state index in [1.54, 1.807) is 0 Å². The van der Waals surface area contributed by atoms with Crippen LogP contribution in [0.5, 0.6) is 0 Å². The zero-order valence-corrected chi connectivity index (χ0v) is 22.0. The molecule has 0 atom stereocenters. The number of nitrogens with zero attached hydrogens (tertiary/aromatic N) is 1. The lowest BCUT2D eigenvalue weighted by atomic mass is 9.78. The molecule has 0 aromatic carbocycles. The van der Waals surface area contributed by atoms with Crippen molar-refractivity contribution >= 4 is 6.21 Å². The van der Waals surface area contributed by atoms with Crippen LogP contribution in [0.25, 0.3) is 0 Å². The Kier molecular flexibility index (Phi) is 15.1. The molecule has 0 saturated heterocycles. The summed E-state index contributed by atoms with van der Waals surface area (Å²) in [5.74, 6) is 0. The maximum Gasteiger partial charge on any atom is 0.0407 e. The van der Waals surface area contributed by atoms with E-state index < -0.39 is 0 Å². The van der Waals surface area contributed by atoms with Gasteiger partial charge in [0, 0.05) is 24.5 Å². The monoisotopic (exact) mass is 436 g/mol. The van der Waals surface area contributed by atoms with E-state index in [1.165, 1.54) is 54.4 Å². The Balaban J connectivity index is 0.00000466. The van der Waals surface area contributed by atoms with E-state index in [1.807, 2.05) is 46.2 Å². The Hall–Kier alpha value is -2.35. The van der Waals surface area contributed by atoms with E-state index in [2.05, 4.69) is 69.0 Å². The molecule has 0 heterocycles. The molecule has 0 aliphatic heterocycles. The predicted molar refractivity (Wildman–Crippen MR) is 147 cm³/mol. The van der Waals surface area contributed by atoms with Gasteiger partial charge in [-0.2, -0.15) is 0 Å². The Morgan fingerprint density at radius 1 is 1.03 bits per heavy atom. The second kappa shape index (κ2) is 16.3. The predicted octanol–water partition coefficient (Wildman–Crippen LogP) is 8.83. The average molecular weight is 437 g/mol. The van der Waals surface area contributed by atoms with Crippen LogP contribution in [0.1, 0.15) is 86.5 Å².